The van der Waals surface area contributed by atoms with Crippen LogP contribution in [0.4, 0.5) is 0 Å². The standard InChI is InChI=1S/C28H29N3O5S/c1-5-34-27(33)25-18(4)30-28-31(26(25)21-8-6-16(2)10-17(21)3)20(14-37-28)12-24(32)29-13-19-7-9-22-23(11-19)36-15-35-22/h6-11,14,26H,5,12-13,15H2,1-4H3,(H,29,32)/t26-/m0/s1. The number of rotatable bonds is 7. The average molecular weight is 520 g/mol. The van der Waals surface area contributed by atoms with Gasteiger partial charge in [0.05, 0.1) is 30.3 Å². The Morgan fingerprint density at radius 2 is 1.95 bits per heavy atom. The topological polar surface area (TPSA) is 89.5 Å². The van der Waals surface area contributed by atoms with Gasteiger partial charge in [-0.05, 0) is 61.9 Å². The van der Waals surface area contributed by atoms with Crippen molar-refractivity contribution < 1.29 is 23.8 Å². The highest BCUT2D eigenvalue weighted by Gasteiger charge is 2.41. The van der Waals surface area contributed by atoms with Gasteiger partial charge in [0.2, 0.25) is 12.7 Å². The summed E-state index contributed by atoms with van der Waals surface area (Å²) in [7, 11) is 0. The summed E-state index contributed by atoms with van der Waals surface area (Å²) in [5, 5.41) is 5.68. The van der Waals surface area contributed by atoms with Crippen LogP contribution in [0.3, 0.4) is 0 Å². The fourth-order valence-corrected chi connectivity index (χ4v) is 5.71. The number of aryl methyl sites for hydroxylation is 2. The molecule has 0 bridgehead atoms. The maximum absolute atomic E-state index is 13.1. The fraction of sp³-hybridized carbons (Fsp3) is 0.321. The Kier molecular flexibility index (Phi) is 6.97. The number of nitrogens with one attached hydrogen (secondary N) is 1. The molecular weight excluding hydrogens is 490 g/mol. The molecule has 37 heavy (non-hydrogen) atoms. The lowest BCUT2D eigenvalue weighted by atomic mass is 9.90. The Labute approximate surface area is 220 Å². The first kappa shape index (κ1) is 25.0. The van der Waals surface area contributed by atoms with Gasteiger partial charge in [0, 0.05) is 12.2 Å². The van der Waals surface area contributed by atoms with Gasteiger partial charge < -0.3 is 24.4 Å². The van der Waals surface area contributed by atoms with E-state index >= 15 is 0 Å². The molecule has 5 rings (SSSR count). The molecule has 8 nitrogen and oxygen atoms in total. The molecule has 3 heterocycles. The molecule has 2 aromatic carbocycles. The van der Waals surface area contributed by atoms with Crippen LogP contribution in [-0.2, 0) is 20.9 Å². The Hall–Kier alpha value is -3.72. The molecule has 0 spiro atoms. The first-order valence-electron chi connectivity index (χ1n) is 12.2. The van der Waals surface area contributed by atoms with Crippen molar-refractivity contribution in [2.24, 2.45) is 4.99 Å². The molecule has 2 aromatic rings. The second kappa shape index (κ2) is 10.3. The van der Waals surface area contributed by atoms with E-state index in [0.717, 1.165) is 33.1 Å². The van der Waals surface area contributed by atoms with E-state index < -0.39 is 12.0 Å². The summed E-state index contributed by atoms with van der Waals surface area (Å²) in [5.41, 5.74) is 6.00. The van der Waals surface area contributed by atoms with E-state index in [1.165, 1.54) is 11.8 Å². The maximum atomic E-state index is 13.1. The number of carbonyl (C=O) groups is 2. The number of carbonyl (C=O) groups excluding carboxylic acids is 2. The third kappa shape index (κ3) is 4.96. The van der Waals surface area contributed by atoms with Gasteiger partial charge in [0.25, 0.3) is 0 Å². The van der Waals surface area contributed by atoms with E-state index in [9.17, 15) is 9.59 Å². The summed E-state index contributed by atoms with van der Waals surface area (Å²) < 4.78 is 16.2. The highest BCUT2D eigenvalue weighted by atomic mass is 32.2. The lowest BCUT2D eigenvalue weighted by molar-refractivity contribution is -0.139. The smallest absolute Gasteiger partial charge is 0.338 e. The zero-order chi connectivity index (χ0) is 26.1. The first-order valence-corrected chi connectivity index (χ1v) is 13.1. The van der Waals surface area contributed by atoms with Crippen molar-refractivity contribution in [3.63, 3.8) is 0 Å². The summed E-state index contributed by atoms with van der Waals surface area (Å²) in [6, 6.07) is 11.4. The zero-order valence-electron chi connectivity index (χ0n) is 21.3. The molecule has 1 N–H and O–H groups in total. The number of thioether (sulfide) groups is 1. The monoisotopic (exact) mass is 519 g/mol. The number of amidine groups is 1. The van der Waals surface area contributed by atoms with Crippen molar-refractivity contribution in [3.05, 3.63) is 81.0 Å². The van der Waals surface area contributed by atoms with Crippen LogP contribution in [-0.4, -0.2) is 35.3 Å². The highest BCUT2D eigenvalue weighted by Crippen LogP contribution is 2.45. The van der Waals surface area contributed by atoms with E-state index in [1.807, 2.05) is 61.4 Å². The van der Waals surface area contributed by atoms with Crippen molar-refractivity contribution >= 4 is 28.8 Å². The molecule has 3 aliphatic heterocycles. The SMILES string of the molecule is CCOC(=O)C1=C(C)N=C2SC=C(CC(=O)NCc3ccc4c(c3)OCO4)N2[C@H]1c1ccc(C)cc1C. The number of aliphatic imine (C=N–C) groups is 1. The van der Waals surface area contributed by atoms with Crippen molar-refractivity contribution in [2.45, 2.75) is 46.7 Å². The molecule has 0 aromatic heterocycles. The molecule has 0 radical (unpaired) electrons. The van der Waals surface area contributed by atoms with Crippen LogP contribution in [0, 0.1) is 13.8 Å². The molecule has 0 saturated carbocycles. The van der Waals surface area contributed by atoms with Gasteiger partial charge in [-0.25, -0.2) is 9.79 Å². The molecule has 1 atom stereocenters. The number of hydrogen-bond acceptors (Lipinski definition) is 8. The van der Waals surface area contributed by atoms with Crippen molar-refractivity contribution in [2.75, 3.05) is 13.4 Å². The predicted octanol–water partition coefficient (Wildman–Crippen LogP) is 4.88. The van der Waals surface area contributed by atoms with Crippen LogP contribution in [0.1, 0.15) is 48.6 Å². The van der Waals surface area contributed by atoms with Gasteiger partial charge in [-0.3, -0.25) is 4.79 Å². The largest absolute Gasteiger partial charge is 0.463 e. The predicted molar refractivity (Wildman–Crippen MR) is 142 cm³/mol. The van der Waals surface area contributed by atoms with Crippen LogP contribution in [0.2, 0.25) is 0 Å². The van der Waals surface area contributed by atoms with Crippen molar-refractivity contribution in [3.8, 4) is 11.5 Å². The van der Waals surface area contributed by atoms with E-state index in [0.29, 0.717) is 29.3 Å². The Bertz CT molecular complexity index is 1360. The van der Waals surface area contributed by atoms with Gasteiger partial charge in [-0.1, -0.05) is 41.6 Å². The third-order valence-electron chi connectivity index (χ3n) is 6.48. The second-order valence-electron chi connectivity index (χ2n) is 9.11. The molecule has 0 unspecified atom stereocenters. The minimum atomic E-state index is -0.435. The van der Waals surface area contributed by atoms with Gasteiger partial charge in [0.15, 0.2) is 16.7 Å². The van der Waals surface area contributed by atoms with E-state index in [2.05, 4.69) is 11.4 Å². The molecule has 0 aliphatic carbocycles. The van der Waals surface area contributed by atoms with Gasteiger partial charge in [-0.15, -0.1) is 0 Å². The number of allylic oxidation sites excluding steroid dienone is 1. The van der Waals surface area contributed by atoms with Crippen molar-refractivity contribution in [1.29, 1.82) is 0 Å². The van der Waals surface area contributed by atoms with E-state index in [4.69, 9.17) is 19.2 Å². The molecule has 9 heteroatoms. The van der Waals surface area contributed by atoms with Gasteiger partial charge in [-0.2, -0.15) is 0 Å². The number of benzene rings is 2. The Morgan fingerprint density at radius 1 is 1.14 bits per heavy atom. The molecule has 3 aliphatic rings. The minimum absolute atomic E-state index is 0.130. The van der Waals surface area contributed by atoms with Gasteiger partial charge >= 0.3 is 5.97 Å². The average Bonchev–Trinajstić information content (AvgIpc) is 3.49. The summed E-state index contributed by atoms with van der Waals surface area (Å²) in [4.78, 5) is 32.9. The number of esters is 1. The van der Waals surface area contributed by atoms with E-state index in [1.54, 1.807) is 6.92 Å². The lowest BCUT2D eigenvalue weighted by Gasteiger charge is -2.37. The maximum Gasteiger partial charge on any atom is 0.338 e. The summed E-state index contributed by atoms with van der Waals surface area (Å²) >= 11 is 1.46. The van der Waals surface area contributed by atoms with Crippen LogP contribution in [0.25, 0.3) is 0 Å². The Morgan fingerprint density at radius 3 is 2.73 bits per heavy atom. The number of hydrogen-bond donors (Lipinski definition) is 1. The molecule has 192 valence electrons. The summed E-state index contributed by atoms with van der Waals surface area (Å²) in [5.74, 6) is 0.865. The quantitative estimate of drug-likeness (QED) is 0.522. The molecular formula is C28H29N3O5S. The minimum Gasteiger partial charge on any atom is -0.463 e. The molecule has 0 fully saturated rings. The summed E-state index contributed by atoms with van der Waals surface area (Å²) in [6.07, 6.45) is 0.146. The highest BCUT2D eigenvalue weighted by molar-refractivity contribution is 8.16. The van der Waals surface area contributed by atoms with Crippen LogP contribution in [0.15, 0.2) is 63.8 Å². The number of ether oxygens (including phenoxy) is 3. The van der Waals surface area contributed by atoms with Crippen LogP contribution < -0.4 is 14.8 Å². The first-order chi connectivity index (χ1) is 17.9. The normalized spacial score (nSPS) is 17.8. The number of fused-ring (bicyclic) bond motifs is 2. The fourth-order valence-electron chi connectivity index (χ4n) is 4.74. The number of nitrogens with zero attached hydrogens (tertiary/aromatic N) is 2. The summed E-state index contributed by atoms with van der Waals surface area (Å²) in [6.45, 7) is 8.55. The van der Waals surface area contributed by atoms with Crippen molar-refractivity contribution in [1.82, 2.24) is 10.2 Å². The van der Waals surface area contributed by atoms with Crippen LogP contribution >= 0.6 is 11.8 Å². The van der Waals surface area contributed by atoms with Gasteiger partial charge in [0.1, 0.15) is 0 Å². The molecule has 1 amide bonds. The zero-order valence-corrected chi connectivity index (χ0v) is 22.1. The second-order valence-corrected chi connectivity index (χ2v) is 9.95. The van der Waals surface area contributed by atoms with E-state index in [-0.39, 0.29) is 25.7 Å². The third-order valence-corrected chi connectivity index (χ3v) is 7.37. The van der Waals surface area contributed by atoms with Crippen LogP contribution in [0.5, 0.6) is 11.5 Å². The number of amides is 1. The lowest BCUT2D eigenvalue weighted by Crippen LogP contribution is -2.38. The Balaban J connectivity index is 1.39. The molecule has 0 saturated heterocycles.